The van der Waals surface area contributed by atoms with E-state index in [4.69, 9.17) is 4.74 Å². The molecule has 0 fully saturated rings. The molecular weight excluding hydrogens is 368 g/mol. The number of ether oxygens (including phenoxy) is 1. The molecule has 29 heavy (non-hydrogen) atoms. The molecule has 0 heterocycles. The zero-order valence-electron chi connectivity index (χ0n) is 17.5. The molecular formula is C23H28N2O4. The van der Waals surface area contributed by atoms with Crippen molar-refractivity contribution >= 4 is 29.2 Å². The van der Waals surface area contributed by atoms with Gasteiger partial charge in [0.1, 0.15) is 0 Å². The highest BCUT2D eigenvalue weighted by molar-refractivity contribution is 6.02. The summed E-state index contributed by atoms with van der Waals surface area (Å²) in [7, 11) is 1.29. The Morgan fingerprint density at radius 2 is 1.59 bits per heavy atom. The Morgan fingerprint density at radius 3 is 2.14 bits per heavy atom. The van der Waals surface area contributed by atoms with Gasteiger partial charge in [-0.25, -0.2) is 4.79 Å². The van der Waals surface area contributed by atoms with E-state index in [1.807, 2.05) is 32.0 Å². The van der Waals surface area contributed by atoms with E-state index in [0.29, 0.717) is 5.69 Å². The van der Waals surface area contributed by atoms with E-state index in [9.17, 15) is 14.4 Å². The number of hydrogen-bond donors (Lipinski definition) is 1. The van der Waals surface area contributed by atoms with E-state index in [1.165, 1.54) is 18.9 Å². The molecule has 0 aliphatic carbocycles. The van der Waals surface area contributed by atoms with Crippen molar-refractivity contribution in [3.63, 3.8) is 0 Å². The Balaban J connectivity index is 2.18. The van der Waals surface area contributed by atoms with E-state index in [2.05, 4.69) is 5.32 Å². The molecule has 6 heteroatoms. The summed E-state index contributed by atoms with van der Waals surface area (Å²) in [5.41, 5.74) is 3.74. The Morgan fingerprint density at radius 1 is 0.966 bits per heavy atom. The minimum Gasteiger partial charge on any atom is -0.465 e. The molecule has 0 aromatic heterocycles. The largest absolute Gasteiger partial charge is 0.465 e. The second-order valence-electron chi connectivity index (χ2n) is 6.64. The number of nitrogens with zero attached hydrogens (tertiary/aromatic N) is 1. The maximum absolute atomic E-state index is 12.6. The second kappa shape index (κ2) is 10.4. The quantitative estimate of drug-likeness (QED) is 0.685. The van der Waals surface area contributed by atoms with E-state index < -0.39 is 5.97 Å². The lowest BCUT2D eigenvalue weighted by molar-refractivity contribution is -0.117. The zero-order chi connectivity index (χ0) is 21.4. The molecule has 0 spiro atoms. The molecule has 0 radical (unpaired) electrons. The first-order chi connectivity index (χ1) is 13.9. The summed E-state index contributed by atoms with van der Waals surface area (Å²) in [4.78, 5) is 38.3. The van der Waals surface area contributed by atoms with E-state index in [1.54, 1.807) is 24.3 Å². The highest BCUT2D eigenvalue weighted by atomic mass is 16.5. The maximum atomic E-state index is 12.6. The monoisotopic (exact) mass is 396 g/mol. The third-order valence-corrected chi connectivity index (χ3v) is 4.81. The first-order valence-corrected chi connectivity index (χ1v) is 9.78. The van der Waals surface area contributed by atoms with Crippen molar-refractivity contribution in [2.45, 2.75) is 40.0 Å². The first-order valence-electron chi connectivity index (χ1n) is 9.78. The highest BCUT2D eigenvalue weighted by Gasteiger charge is 2.20. The predicted molar refractivity (Wildman–Crippen MR) is 114 cm³/mol. The van der Waals surface area contributed by atoms with Crippen LogP contribution in [0.1, 0.15) is 48.7 Å². The Labute approximate surface area is 171 Å². The fraction of sp³-hybridized carbons (Fsp3) is 0.348. The molecule has 0 bridgehead atoms. The van der Waals surface area contributed by atoms with Crippen molar-refractivity contribution in [2.75, 3.05) is 23.9 Å². The number of amides is 2. The van der Waals surface area contributed by atoms with E-state index in [-0.39, 0.29) is 30.3 Å². The smallest absolute Gasteiger partial charge is 0.339 e. The number of benzene rings is 2. The van der Waals surface area contributed by atoms with Crippen LogP contribution in [0.15, 0.2) is 42.5 Å². The molecule has 0 atom stereocenters. The molecule has 0 saturated heterocycles. The number of carbonyl (C=O) groups excluding carboxylic acids is 3. The molecule has 154 valence electrons. The lowest BCUT2D eigenvalue weighted by Crippen LogP contribution is -2.33. The zero-order valence-corrected chi connectivity index (χ0v) is 17.5. The van der Waals surface area contributed by atoms with Crippen LogP contribution in [0.3, 0.4) is 0 Å². The summed E-state index contributed by atoms with van der Waals surface area (Å²) in [6.45, 7) is 5.66. The number of carbonyl (C=O) groups is 3. The van der Waals surface area contributed by atoms with Gasteiger partial charge in [-0.15, -0.1) is 0 Å². The standard InChI is InChI=1S/C23H28N2O4/c1-5-17-10-9-11-18(6-2)22(17)24-21(27)14-15-25(16(3)26)20-13-8-7-12-19(20)23(28)29-4/h7-13H,5-6,14-15H2,1-4H3,(H,24,27). The summed E-state index contributed by atoms with van der Waals surface area (Å²) in [6, 6.07) is 12.7. The molecule has 0 saturated carbocycles. The van der Waals surface area contributed by atoms with Crippen LogP contribution in [-0.4, -0.2) is 31.4 Å². The topological polar surface area (TPSA) is 75.7 Å². The molecule has 2 amide bonds. The average molecular weight is 396 g/mol. The molecule has 0 aliphatic rings. The minimum atomic E-state index is -0.527. The van der Waals surface area contributed by atoms with Gasteiger partial charge in [-0.1, -0.05) is 44.2 Å². The third kappa shape index (κ3) is 5.44. The third-order valence-electron chi connectivity index (χ3n) is 4.81. The molecule has 6 nitrogen and oxygen atoms in total. The van der Waals surface area contributed by atoms with Gasteiger partial charge in [0.15, 0.2) is 0 Å². The number of anilines is 2. The number of rotatable bonds is 8. The number of nitrogens with one attached hydrogen (secondary N) is 1. The van der Waals surface area contributed by atoms with Gasteiger partial charge < -0.3 is 15.0 Å². The molecule has 1 N–H and O–H groups in total. The van der Waals surface area contributed by atoms with Gasteiger partial charge >= 0.3 is 5.97 Å². The Kier molecular flexibility index (Phi) is 7.95. The lowest BCUT2D eigenvalue weighted by Gasteiger charge is -2.23. The fourth-order valence-electron chi connectivity index (χ4n) is 3.26. The summed E-state index contributed by atoms with van der Waals surface area (Å²) in [5.74, 6) is -0.958. The van der Waals surface area contributed by atoms with Crippen molar-refractivity contribution in [3.8, 4) is 0 Å². The van der Waals surface area contributed by atoms with Crippen LogP contribution < -0.4 is 10.2 Å². The van der Waals surface area contributed by atoms with Gasteiger partial charge in [0.2, 0.25) is 11.8 Å². The number of aryl methyl sites for hydroxylation is 2. The number of para-hydroxylation sites is 2. The average Bonchev–Trinajstić information content (AvgIpc) is 2.73. The van der Waals surface area contributed by atoms with E-state index >= 15 is 0 Å². The molecule has 0 aliphatic heterocycles. The van der Waals surface area contributed by atoms with Crippen molar-refractivity contribution < 1.29 is 19.1 Å². The molecule has 0 unspecified atom stereocenters. The normalized spacial score (nSPS) is 10.3. The Bertz CT molecular complexity index is 870. The minimum absolute atomic E-state index is 0.107. The van der Waals surface area contributed by atoms with Gasteiger partial charge in [0.25, 0.3) is 0 Å². The fourth-order valence-corrected chi connectivity index (χ4v) is 3.26. The highest BCUT2D eigenvalue weighted by Crippen LogP contribution is 2.24. The van der Waals surface area contributed by atoms with Crippen LogP contribution in [0.5, 0.6) is 0 Å². The maximum Gasteiger partial charge on any atom is 0.339 e. The lowest BCUT2D eigenvalue weighted by atomic mass is 10.0. The summed E-state index contributed by atoms with van der Waals surface area (Å²) < 4.78 is 4.81. The van der Waals surface area contributed by atoms with Crippen LogP contribution in [0.4, 0.5) is 11.4 Å². The second-order valence-corrected chi connectivity index (χ2v) is 6.64. The van der Waals surface area contributed by atoms with Gasteiger partial charge in [-0.05, 0) is 36.1 Å². The van der Waals surface area contributed by atoms with E-state index in [0.717, 1.165) is 29.7 Å². The van der Waals surface area contributed by atoms with Gasteiger partial charge in [0, 0.05) is 25.6 Å². The van der Waals surface area contributed by atoms with Crippen LogP contribution >= 0.6 is 0 Å². The van der Waals surface area contributed by atoms with Gasteiger partial charge in [-0.2, -0.15) is 0 Å². The van der Waals surface area contributed by atoms with Crippen molar-refractivity contribution in [3.05, 3.63) is 59.2 Å². The van der Waals surface area contributed by atoms with Crippen molar-refractivity contribution in [2.24, 2.45) is 0 Å². The molecule has 2 rings (SSSR count). The predicted octanol–water partition coefficient (Wildman–Crippen LogP) is 3.98. The number of hydrogen-bond acceptors (Lipinski definition) is 4. The van der Waals surface area contributed by atoms with Gasteiger partial charge in [-0.3, -0.25) is 9.59 Å². The van der Waals surface area contributed by atoms with Gasteiger partial charge in [0.05, 0.1) is 18.4 Å². The van der Waals surface area contributed by atoms with Crippen LogP contribution in [0, 0.1) is 0 Å². The van der Waals surface area contributed by atoms with Crippen molar-refractivity contribution in [1.29, 1.82) is 0 Å². The SMILES string of the molecule is CCc1cccc(CC)c1NC(=O)CCN(C(C)=O)c1ccccc1C(=O)OC. The van der Waals surface area contributed by atoms with Crippen molar-refractivity contribution in [1.82, 2.24) is 0 Å². The summed E-state index contributed by atoms with van der Waals surface area (Å²) in [6.07, 6.45) is 1.74. The molecule has 2 aromatic carbocycles. The number of esters is 1. The van der Waals surface area contributed by atoms with Crippen LogP contribution in [0.25, 0.3) is 0 Å². The van der Waals surface area contributed by atoms with Crippen LogP contribution in [-0.2, 0) is 27.2 Å². The first kappa shape index (κ1) is 22.1. The number of methoxy groups -OCH3 is 1. The Hall–Kier alpha value is -3.15. The summed E-state index contributed by atoms with van der Waals surface area (Å²) in [5, 5.41) is 3.01. The summed E-state index contributed by atoms with van der Waals surface area (Å²) >= 11 is 0. The molecule has 2 aromatic rings. The van der Waals surface area contributed by atoms with Crippen LogP contribution in [0.2, 0.25) is 0 Å².